The number of hydrogen-bond donors (Lipinski definition) is 1. The minimum absolute atomic E-state index is 0.0281. The van der Waals surface area contributed by atoms with Gasteiger partial charge in [-0.05, 0) is 96.0 Å². The van der Waals surface area contributed by atoms with Gasteiger partial charge >= 0.3 is 5.97 Å². The van der Waals surface area contributed by atoms with Crippen LogP contribution in [0.25, 0.3) is 0 Å². The van der Waals surface area contributed by atoms with Crippen molar-refractivity contribution in [1.29, 1.82) is 0 Å². The van der Waals surface area contributed by atoms with E-state index in [2.05, 4.69) is 86.8 Å². The van der Waals surface area contributed by atoms with E-state index in [0.29, 0.717) is 23.9 Å². The average molecular weight is 1060 g/mol. The topological polar surface area (TPSA) is 114 Å². The zero-order valence-corrected chi connectivity index (χ0v) is 49.9. The van der Waals surface area contributed by atoms with E-state index in [1.54, 1.807) is 0 Å². The highest BCUT2D eigenvalue weighted by Gasteiger charge is 2.27. The lowest BCUT2D eigenvalue weighted by atomic mass is 10.0. The second-order valence-corrected chi connectivity index (χ2v) is 23.3. The van der Waals surface area contributed by atoms with Gasteiger partial charge in [0.05, 0.1) is 33.8 Å². The first-order chi connectivity index (χ1) is 35.9. The van der Waals surface area contributed by atoms with Crippen LogP contribution in [0.2, 0.25) is 0 Å². The fourth-order valence-corrected chi connectivity index (χ4v) is 9.30. The SMILES string of the molecule is CCCCC/C=C\C/C=C\C/C=C\CCCCCCCCCCC(=O)NC(COP(=O)([O-])OCC[N+](C)(C)C)C(/C=C\CCCCCCCCCCCC)OC(=O)CCCCCCCC/C=C/C=C/CCCCC. The van der Waals surface area contributed by atoms with E-state index >= 15 is 0 Å². The number of rotatable bonds is 55. The smallest absolute Gasteiger partial charge is 0.306 e. The summed E-state index contributed by atoms with van der Waals surface area (Å²) in [5.74, 6) is -0.562. The maximum absolute atomic E-state index is 13.5. The van der Waals surface area contributed by atoms with Crippen LogP contribution in [0, 0.1) is 0 Å². The number of nitrogens with one attached hydrogen (secondary N) is 1. The monoisotopic (exact) mass is 1060 g/mol. The molecule has 0 bridgehead atoms. The summed E-state index contributed by atoms with van der Waals surface area (Å²) in [6.07, 6.45) is 68.6. The Morgan fingerprint density at radius 3 is 1.34 bits per heavy atom. The van der Waals surface area contributed by atoms with E-state index in [1.165, 1.54) is 128 Å². The van der Waals surface area contributed by atoms with E-state index < -0.39 is 26.6 Å². The zero-order valence-electron chi connectivity index (χ0n) is 49.0. The van der Waals surface area contributed by atoms with Crippen LogP contribution < -0.4 is 10.2 Å². The van der Waals surface area contributed by atoms with Crippen molar-refractivity contribution in [3.8, 4) is 0 Å². The number of ether oxygens (including phenoxy) is 1. The molecule has 0 aromatic rings. The van der Waals surface area contributed by atoms with Crippen LogP contribution >= 0.6 is 7.82 Å². The first kappa shape index (κ1) is 71.5. The summed E-state index contributed by atoms with van der Waals surface area (Å²) in [6, 6.07) is -0.899. The fourth-order valence-electron chi connectivity index (χ4n) is 8.58. The molecule has 3 atom stereocenters. The molecule has 1 N–H and O–H groups in total. The average Bonchev–Trinajstić information content (AvgIpc) is 3.36. The Kier molecular flexibility index (Phi) is 52.0. The van der Waals surface area contributed by atoms with Crippen molar-refractivity contribution < 1.29 is 37.3 Å². The number of phosphoric acid groups is 1. The molecule has 0 aliphatic carbocycles. The quantitative estimate of drug-likeness (QED) is 0.0161. The summed E-state index contributed by atoms with van der Waals surface area (Å²) < 4.78 is 30.3. The van der Waals surface area contributed by atoms with E-state index in [-0.39, 0.29) is 24.9 Å². The molecule has 3 unspecified atom stereocenters. The van der Waals surface area contributed by atoms with Gasteiger partial charge in [0.2, 0.25) is 5.91 Å². The number of esters is 1. The van der Waals surface area contributed by atoms with Crippen molar-refractivity contribution in [3.05, 3.63) is 72.9 Å². The molecular weight excluding hydrogens is 940 g/mol. The minimum Gasteiger partial charge on any atom is -0.756 e. The summed E-state index contributed by atoms with van der Waals surface area (Å²) in [5, 5.41) is 3.02. The van der Waals surface area contributed by atoms with Crippen LogP contribution in [-0.2, 0) is 27.9 Å². The molecule has 0 aromatic heterocycles. The van der Waals surface area contributed by atoms with Gasteiger partial charge in [-0.3, -0.25) is 14.2 Å². The lowest BCUT2D eigenvalue weighted by molar-refractivity contribution is -0.870. The van der Waals surface area contributed by atoms with E-state index in [9.17, 15) is 19.0 Å². The molecule has 1 amide bonds. The molecule has 0 rings (SSSR count). The number of unbranched alkanes of at least 4 members (excludes halogenated alkanes) is 30. The molecule has 0 saturated heterocycles. The zero-order chi connectivity index (χ0) is 54.3. The van der Waals surface area contributed by atoms with Crippen LogP contribution in [-0.4, -0.2) is 69.4 Å². The molecule has 0 aliphatic heterocycles. The Labute approximate surface area is 457 Å². The molecule has 0 spiro atoms. The number of likely N-dealkylation sites (N-methyl/N-ethyl adjacent to an activating group) is 1. The van der Waals surface area contributed by atoms with Crippen molar-refractivity contribution in [3.63, 3.8) is 0 Å². The van der Waals surface area contributed by atoms with Gasteiger partial charge in [0, 0.05) is 12.8 Å². The summed E-state index contributed by atoms with van der Waals surface area (Å²) >= 11 is 0. The van der Waals surface area contributed by atoms with E-state index in [0.717, 1.165) is 103 Å². The van der Waals surface area contributed by atoms with E-state index in [4.69, 9.17) is 13.8 Å². The number of phosphoric ester groups is 1. The predicted molar refractivity (Wildman–Crippen MR) is 316 cm³/mol. The Balaban J connectivity index is 5.27. The van der Waals surface area contributed by atoms with Crippen molar-refractivity contribution in [2.45, 2.75) is 283 Å². The predicted octanol–water partition coefficient (Wildman–Crippen LogP) is 18.2. The van der Waals surface area contributed by atoms with Crippen molar-refractivity contribution in [2.75, 3.05) is 40.9 Å². The Hall–Kier alpha value is -2.55. The molecular formula is C64H117N2O7P. The molecule has 0 aliphatic rings. The molecule has 0 heterocycles. The molecule has 9 nitrogen and oxygen atoms in total. The molecule has 0 saturated carbocycles. The lowest BCUT2D eigenvalue weighted by Gasteiger charge is -2.30. The number of allylic oxidation sites excluding steroid dienone is 11. The Morgan fingerprint density at radius 1 is 0.486 bits per heavy atom. The van der Waals surface area contributed by atoms with Crippen molar-refractivity contribution in [1.82, 2.24) is 5.32 Å². The van der Waals surface area contributed by atoms with Crippen molar-refractivity contribution in [2.24, 2.45) is 0 Å². The third-order valence-electron chi connectivity index (χ3n) is 13.4. The largest absolute Gasteiger partial charge is 0.756 e. The minimum atomic E-state index is -4.70. The number of nitrogens with zero attached hydrogens (tertiary/aromatic N) is 1. The molecule has 430 valence electrons. The molecule has 0 radical (unpaired) electrons. The lowest BCUT2D eigenvalue weighted by Crippen LogP contribution is -2.47. The Morgan fingerprint density at radius 2 is 0.865 bits per heavy atom. The maximum atomic E-state index is 13.5. The van der Waals surface area contributed by atoms with Gasteiger partial charge < -0.3 is 28.5 Å². The standard InChI is InChI=1S/C64H117N2O7P/c1-7-10-13-16-19-22-25-28-30-31-32-33-34-35-37-38-41-44-47-50-53-56-63(67)65-61(60-72-74(69,70)71-59-58-66(4,5)6)62(55-52-49-46-43-40-27-24-21-18-15-12-9-3)73-64(68)57-54-51-48-45-42-39-36-29-26-23-20-17-14-11-8-2/h19-20,22-23,26,28-30,32-33,52,55,61-62H,7-18,21,24-25,27,31,34-51,53-54,56-60H2,1-6H3,(H-,65,67,69,70)/b22-19-,23-20+,29-26+,30-28-,33-32-,55-52-. The van der Waals surface area contributed by atoms with Gasteiger partial charge in [0.1, 0.15) is 19.3 Å². The normalized spacial score (nSPS) is 14.2. The highest BCUT2D eigenvalue weighted by Crippen LogP contribution is 2.38. The van der Waals surface area contributed by atoms with Gasteiger partial charge in [-0.2, -0.15) is 0 Å². The van der Waals surface area contributed by atoms with Gasteiger partial charge in [-0.1, -0.05) is 235 Å². The number of carbonyl (C=O) groups excluding carboxylic acids is 2. The fraction of sp³-hybridized carbons (Fsp3) is 0.781. The summed E-state index contributed by atoms with van der Waals surface area (Å²) in [5.41, 5.74) is 0. The molecule has 0 fully saturated rings. The van der Waals surface area contributed by atoms with Crippen LogP contribution in [0.15, 0.2) is 72.9 Å². The van der Waals surface area contributed by atoms with Crippen LogP contribution in [0.1, 0.15) is 271 Å². The third kappa shape index (κ3) is 54.2. The van der Waals surface area contributed by atoms with Gasteiger partial charge in [-0.15, -0.1) is 0 Å². The van der Waals surface area contributed by atoms with Gasteiger partial charge in [0.25, 0.3) is 7.82 Å². The van der Waals surface area contributed by atoms with Gasteiger partial charge in [0.15, 0.2) is 0 Å². The van der Waals surface area contributed by atoms with Crippen LogP contribution in [0.4, 0.5) is 0 Å². The number of amides is 1. The summed E-state index contributed by atoms with van der Waals surface area (Å²) in [4.78, 5) is 39.9. The summed E-state index contributed by atoms with van der Waals surface area (Å²) in [6.45, 7) is 6.77. The highest BCUT2D eigenvalue weighted by molar-refractivity contribution is 7.45. The second-order valence-electron chi connectivity index (χ2n) is 21.9. The number of hydrogen-bond acceptors (Lipinski definition) is 7. The van der Waals surface area contributed by atoms with E-state index in [1.807, 2.05) is 33.3 Å². The molecule has 74 heavy (non-hydrogen) atoms. The van der Waals surface area contributed by atoms with Crippen LogP contribution in [0.5, 0.6) is 0 Å². The number of carbonyl (C=O) groups is 2. The number of quaternary nitrogens is 1. The first-order valence-electron chi connectivity index (χ1n) is 30.8. The second kappa shape index (κ2) is 53.8. The van der Waals surface area contributed by atoms with Gasteiger partial charge in [-0.25, -0.2) is 0 Å². The van der Waals surface area contributed by atoms with Crippen LogP contribution in [0.3, 0.4) is 0 Å². The first-order valence-corrected chi connectivity index (χ1v) is 32.2. The summed E-state index contributed by atoms with van der Waals surface area (Å²) in [7, 11) is 1.17. The Bertz CT molecular complexity index is 1500. The maximum Gasteiger partial charge on any atom is 0.306 e. The van der Waals surface area contributed by atoms with Crippen molar-refractivity contribution >= 4 is 19.7 Å². The third-order valence-corrected chi connectivity index (χ3v) is 14.4. The molecule has 0 aromatic carbocycles. The highest BCUT2D eigenvalue weighted by atomic mass is 31.2. The molecule has 10 heteroatoms.